The minimum Gasteiger partial charge on any atom is -0.383 e. The molecular weight excluding hydrogens is 140 g/mol. The summed E-state index contributed by atoms with van der Waals surface area (Å²) in [6.45, 7) is 0.573. The summed E-state index contributed by atoms with van der Waals surface area (Å²) >= 11 is 0. The minimum atomic E-state index is 0.00111. The average molecular weight is 154 g/mol. The van der Waals surface area contributed by atoms with E-state index in [4.69, 9.17) is 10.5 Å². The molecule has 0 bridgehead atoms. The van der Waals surface area contributed by atoms with Crippen LogP contribution in [-0.4, -0.2) is 18.3 Å². The van der Waals surface area contributed by atoms with E-state index in [1.165, 1.54) is 0 Å². The van der Waals surface area contributed by atoms with Crippen LogP contribution in [0.5, 0.6) is 0 Å². The number of aryl methyl sites for hydroxylation is 1. The van der Waals surface area contributed by atoms with Gasteiger partial charge in [-0.3, -0.25) is 0 Å². The molecule has 1 aromatic rings. The van der Waals surface area contributed by atoms with E-state index in [2.05, 4.69) is 0 Å². The van der Waals surface area contributed by atoms with E-state index >= 15 is 0 Å². The molecule has 1 atom stereocenters. The predicted octanol–water partition coefficient (Wildman–Crippen LogP) is 0.671. The van der Waals surface area contributed by atoms with Crippen LogP contribution in [0.4, 0.5) is 0 Å². The number of rotatable bonds is 3. The van der Waals surface area contributed by atoms with Gasteiger partial charge < -0.3 is 15.0 Å². The van der Waals surface area contributed by atoms with E-state index in [1.807, 2.05) is 30.1 Å². The Balaban J connectivity index is 2.60. The summed E-state index contributed by atoms with van der Waals surface area (Å²) in [4.78, 5) is 0. The molecule has 0 aliphatic carbocycles. The number of hydrogen-bond donors (Lipinski definition) is 1. The second kappa shape index (κ2) is 3.55. The van der Waals surface area contributed by atoms with Crippen molar-refractivity contribution in [3.63, 3.8) is 0 Å². The van der Waals surface area contributed by atoms with Crippen LogP contribution in [0, 0.1) is 0 Å². The van der Waals surface area contributed by atoms with Crippen molar-refractivity contribution in [2.24, 2.45) is 12.8 Å². The Morgan fingerprint density at radius 3 is 2.91 bits per heavy atom. The molecule has 62 valence electrons. The predicted molar refractivity (Wildman–Crippen MR) is 44.2 cm³/mol. The van der Waals surface area contributed by atoms with Gasteiger partial charge in [0.05, 0.1) is 12.6 Å². The first kappa shape index (κ1) is 8.30. The Kier molecular flexibility index (Phi) is 2.68. The molecule has 0 amide bonds. The van der Waals surface area contributed by atoms with Gasteiger partial charge in [-0.15, -0.1) is 0 Å². The molecule has 1 rings (SSSR count). The maximum Gasteiger partial charge on any atom is 0.0656 e. The molecule has 0 radical (unpaired) electrons. The van der Waals surface area contributed by atoms with Crippen LogP contribution in [0.1, 0.15) is 11.6 Å². The summed E-state index contributed by atoms with van der Waals surface area (Å²) in [5.41, 5.74) is 6.90. The molecule has 1 unspecified atom stereocenters. The fourth-order valence-electron chi connectivity index (χ4n) is 1.02. The van der Waals surface area contributed by atoms with Crippen LogP contribution in [0.3, 0.4) is 0 Å². The molecule has 11 heavy (non-hydrogen) atoms. The first-order chi connectivity index (χ1) is 5.24. The van der Waals surface area contributed by atoms with Crippen molar-refractivity contribution in [3.05, 3.63) is 24.0 Å². The Hall–Kier alpha value is -0.800. The summed E-state index contributed by atoms with van der Waals surface area (Å²) in [6.07, 6.45) is 3.98. The Morgan fingerprint density at radius 1 is 1.73 bits per heavy atom. The lowest BCUT2D eigenvalue weighted by atomic mass is 10.2. The number of nitrogens with zero attached hydrogens (tertiary/aromatic N) is 1. The van der Waals surface area contributed by atoms with E-state index < -0.39 is 0 Å². The van der Waals surface area contributed by atoms with E-state index in [0.717, 1.165) is 5.56 Å². The molecule has 0 aromatic carbocycles. The van der Waals surface area contributed by atoms with Gasteiger partial charge in [0.25, 0.3) is 0 Å². The van der Waals surface area contributed by atoms with Crippen molar-refractivity contribution in [1.29, 1.82) is 0 Å². The van der Waals surface area contributed by atoms with Crippen LogP contribution in [0.25, 0.3) is 0 Å². The van der Waals surface area contributed by atoms with Crippen LogP contribution in [-0.2, 0) is 11.8 Å². The van der Waals surface area contributed by atoms with Gasteiger partial charge in [0, 0.05) is 26.6 Å². The number of methoxy groups -OCH3 is 1. The van der Waals surface area contributed by atoms with Crippen molar-refractivity contribution in [2.75, 3.05) is 13.7 Å². The highest BCUT2D eigenvalue weighted by molar-refractivity contribution is 5.14. The zero-order valence-corrected chi connectivity index (χ0v) is 6.95. The third-order valence-electron chi connectivity index (χ3n) is 1.63. The number of nitrogens with two attached hydrogens (primary N) is 1. The molecule has 3 heteroatoms. The molecule has 1 heterocycles. The molecule has 0 aliphatic heterocycles. The maximum absolute atomic E-state index is 5.78. The minimum absolute atomic E-state index is 0.00111. The van der Waals surface area contributed by atoms with Crippen molar-refractivity contribution < 1.29 is 4.74 Å². The number of ether oxygens (including phenoxy) is 1. The molecule has 3 nitrogen and oxygen atoms in total. The van der Waals surface area contributed by atoms with Crippen LogP contribution in [0.2, 0.25) is 0 Å². The topological polar surface area (TPSA) is 40.2 Å². The summed E-state index contributed by atoms with van der Waals surface area (Å²) in [5.74, 6) is 0. The van der Waals surface area contributed by atoms with Gasteiger partial charge in [0.2, 0.25) is 0 Å². The third-order valence-corrected chi connectivity index (χ3v) is 1.63. The van der Waals surface area contributed by atoms with Crippen LogP contribution >= 0.6 is 0 Å². The van der Waals surface area contributed by atoms with E-state index in [9.17, 15) is 0 Å². The molecule has 2 N–H and O–H groups in total. The first-order valence-corrected chi connectivity index (χ1v) is 3.60. The van der Waals surface area contributed by atoms with Gasteiger partial charge >= 0.3 is 0 Å². The standard InChI is InChI=1S/C8H14N2O/c1-10-4-3-7(5-10)8(9)6-11-2/h3-5,8H,6,9H2,1-2H3. The molecule has 0 aliphatic rings. The smallest absolute Gasteiger partial charge is 0.0656 e. The van der Waals surface area contributed by atoms with Crippen LogP contribution in [0.15, 0.2) is 18.5 Å². The zero-order chi connectivity index (χ0) is 8.27. The summed E-state index contributed by atoms with van der Waals surface area (Å²) in [5, 5.41) is 0. The van der Waals surface area contributed by atoms with Crippen molar-refractivity contribution >= 4 is 0 Å². The summed E-state index contributed by atoms with van der Waals surface area (Å²) in [6, 6.07) is 2.00. The Labute approximate surface area is 66.8 Å². The molecule has 0 fully saturated rings. The molecule has 0 spiro atoms. The van der Waals surface area contributed by atoms with Crippen molar-refractivity contribution in [1.82, 2.24) is 4.57 Å². The zero-order valence-electron chi connectivity index (χ0n) is 6.95. The molecule has 0 saturated carbocycles. The van der Waals surface area contributed by atoms with Gasteiger partial charge in [-0.25, -0.2) is 0 Å². The average Bonchev–Trinajstić information content (AvgIpc) is 2.36. The lowest BCUT2D eigenvalue weighted by Crippen LogP contribution is -2.15. The normalized spacial score (nSPS) is 13.4. The quantitative estimate of drug-likeness (QED) is 0.695. The second-order valence-corrected chi connectivity index (χ2v) is 2.67. The van der Waals surface area contributed by atoms with Crippen molar-refractivity contribution in [3.8, 4) is 0 Å². The van der Waals surface area contributed by atoms with E-state index in [-0.39, 0.29) is 6.04 Å². The first-order valence-electron chi connectivity index (χ1n) is 3.60. The highest BCUT2D eigenvalue weighted by Crippen LogP contribution is 2.09. The highest BCUT2D eigenvalue weighted by Gasteiger charge is 2.04. The molecule has 1 aromatic heterocycles. The monoisotopic (exact) mass is 154 g/mol. The van der Waals surface area contributed by atoms with E-state index in [0.29, 0.717) is 6.61 Å². The Bertz CT molecular complexity index is 220. The maximum atomic E-state index is 5.78. The molecule has 0 saturated heterocycles. The summed E-state index contributed by atoms with van der Waals surface area (Å²) in [7, 11) is 3.63. The van der Waals surface area contributed by atoms with Gasteiger partial charge in [0.15, 0.2) is 0 Å². The SMILES string of the molecule is COCC(N)c1ccn(C)c1. The largest absolute Gasteiger partial charge is 0.383 e. The fraction of sp³-hybridized carbons (Fsp3) is 0.500. The van der Waals surface area contributed by atoms with E-state index in [1.54, 1.807) is 7.11 Å². The Morgan fingerprint density at radius 2 is 2.45 bits per heavy atom. The number of aromatic nitrogens is 1. The lowest BCUT2D eigenvalue weighted by Gasteiger charge is -2.06. The lowest BCUT2D eigenvalue weighted by molar-refractivity contribution is 0.181. The van der Waals surface area contributed by atoms with Gasteiger partial charge in [0.1, 0.15) is 0 Å². The fourth-order valence-corrected chi connectivity index (χ4v) is 1.02. The second-order valence-electron chi connectivity index (χ2n) is 2.67. The van der Waals surface area contributed by atoms with Crippen LogP contribution < -0.4 is 5.73 Å². The summed E-state index contributed by atoms with van der Waals surface area (Å²) < 4.78 is 6.91. The van der Waals surface area contributed by atoms with Gasteiger partial charge in [-0.05, 0) is 11.6 Å². The van der Waals surface area contributed by atoms with Gasteiger partial charge in [-0.1, -0.05) is 0 Å². The number of hydrogen-bond acceptors (Lipinski definition) is 2. The van der Waals surface area contributed by atoms with Gasteiger partial charge in [-0.2, -0.15) is 0 Å². The van der Waals surface area contributed by atoms with Crippen molar-refractivity contribution in [2.45, 2.75) is 6.04 Å². The third kappa shape index (κ3) is 2.06. The highest BCUT2D eigenvalue weighted by atomic mass is 16.5. The molecular formula is C8H14N2O.